The van der Waals surface area contributed by atoms with Crippen LogP contribution in [0.5, 0.6) is 0 Å². The molecule has 1 atom stereocenters. The molecule has 0 unspecified atom stereocenters. The molecule has 0 saturated carbocycles. The van der Waals surface area contributed by atoms with Gasteiger partial charge in [0.15, 0.2) is 0 Å². The van der Waals surface area contributed by atoms with Gasteiger partial charge in [-0.2, -0.15) is 4.98 Å². The number of aryl methyl sites for hydroxylation is 2. The van der Waals surface area contributed by atoms with Crippen LogP contribution in [0.15, 0.2) is 11.2 Å². The number of rotatable bonds is 2. The zero-order chi connectivity index (χ0) is 14.1. The van der Waals surface area contributed by atoms with Crippen molar-refractivity contribution in [3.05, 3.63) is 17.5 Å². The van der Waals surface area contributed by atoms with E-state index < -0.39 is 0 Å². The first-order chi connectivity index (χ1) is 9.63. The fourth-order valence-electron chi connectivity index (χ4n) is 2.35. The fourth-order valence-corrected chi connectivity index (χ4v) is 3.34. The van der Waals surface area contributed by atoms with Crippen molar-refractivity contribution in [1.82, 2.24) is 24.9 Å². The Hall–Kier alpha value is -1.63. The third-order valence-corrected chi connectivity index (χ3v) is 4.45. The average Bonchev–Trinajstić information content (AvgIpc) is 2.68. The summed E-state index contributed by atoms with van der Waals surface area (Å²) >= 11 is 1.43. The maximum absolute atomic E-state index is 11.9. The van der Waals surface area contributed by atoms with Crippen molar-refractivity contribution in [3.63, 3.8) is 0 Å². The number of amides is 1. The lowest BCUT2D eigenvalue weighted by molar-refractivity contribution is -0.120. The molecule has 0 aromatic carbocycles. The fraction of sp³-hybridized carbons (Fsp3) is 0.538. The zero-order valence-electron chi connectivity index (χ0n) is 11.6. The van der Waals surface area contributed by atoms with Crippen molar-refractivity contribution >= 4 is 23.4 Å². The topological polar surface area (TPSA) is 72.2 Å². The first-order valence-electron chi connectivity index (χ1n) is 6.79. The predicted octanol–water partition coefficient (Wildman–Crippen LogP) is 1.50. The Bertz CT molecular complexity index is 653. The van der Waals surface area contributed by atoms with Gasteiger partial charge in [0.05, 0.1) is 5.25 Å². The Balaban J connectivity index is 1.87. The molecule has 20 heavy (non-hydrogen) atoms. The Morgan fingerprint density at radius 2 is 2.20 bits per heavy atom. The molecule has 7 heteroatoms. The van der Waals surface area contributed by atoms with Crippen LogP contribution in [0.1, 0.15) is 30.7 Å². The van der Waals surface area contributed by atoms with Crippen molar-refractivity contribution < 1.29 is 4.79 Å². The van der Waals surface area contributed by atoms with Crippen molar-refractivity contribution in [2.75, 3.05) is 6.54 Å². The molecule has 0 spiro atoms. The normalized spacial score (nSPS) is 19.9. The Kier molecular flexibility index (Phi) is 3.60. The molecule has 1 aliphatic heterocycles. The van der Waals surface area contributed by atoms with Gasteiger partial charge in [0.1, 0.15) is 0 Å². The number of thioether (sulfide) groups is 1. The average molecular weight is 291 g/mol. The van der Waals surface area contributed by atoms with E-state index in [1.54, 1.807) is 4.52 Å². The first-order valence-corrected chi connectivity index (χ1v) is 7.67. The second kappa shape index (κ2) is 5.40. The minimum absolute atomic E-state index is 0.0900. The molecule has 0 aliphatic carbocycles. The number of carbonyl (C=O) groups is 1. The third-order valence-electron chi connectivity index (χ3n) is 3.33. The molecule has 1 saturated heterocycles. The summed E-state index contributed by atoms with van der Waals surface area (Å²) in [6.45, 7) is 4.69. The molecule has 2 aromatic rings. The van der Waals surface area contributed by atoms with Crippen LogP contribution in [0, 0.1) is 13.8 Å². The van der Waals surface area contributed by atoms with Gasteiger partial charge in [-0.05, 0) is 32.8 Å². The van der Waals surface area contributed by atoms with Crippen LogP contribution in [0.25, 0.3) is 5.78 Å². The Labute approximate surface area is 121 Å². The molecule has 0 bridgehead atoms. The second-order valence-corrected chi connectivity index (χ2v) is 6.21. The molecule has 106 valence electrons. The van der Waals surface area contributed by atoms with Crippen LogP contribution in [-0.4, -0.2) is 37.3 Å². The summed E-state index contributed by atoms with van der Waals surface area (Å²) in [5, 5.41) is 7.89. The van der Waals surface area contributed by atoms with Crippen LogP contribution < -0.4 is 5.32 Å². The molecule has 3 heterocycles. The SMILES string of the molecule is Cc1cc(C)n2nc(S[C@@H]3CCCCNC3=O)nc2n1. The number of hydrogen-bond donors (Lipinski definition) is 1. The summed E-state index contributed by atoms with van der Waals surface area (Å²) in [6, 6.07) is 1.97. The highest BCUT2D eigenvalue weighted by Crippen LogP contribution is 2.26. The molecule has 1 N–H and O–H groups in total. The van der Waals surface area contributed by atoms with Crippen LogP contribution >= 0.6 is 11.8 Å². The van der Waals surface area contributed by atoms with Gasteiger partial charge in [0.25, 0.3) is 5.78 Å². The summed E-state index contributed by atoms with van der Waals surface area (Å²) in [5.74, 6) is 0.686. The van der Waals surface area contributed by atoms with Crippen molar-refractivity contribution in [1.29, 1.82) is 0 Å². The lowest BCUT2D eigenvalue weighted by atomic mass is 10.2. The van der Waals surface area contributed by atoms with E-state index in [2.05, 4.69) is 20.4 Å². The molecule has 3 rings (SSSR count). The number of carbonyl (C=O) groups excluding carboxylic acids is 1. The van der Waals surface area contributed by atoms with Crippen LogP contribution in [-0.2, 0) is 4.79 Å². The van der Waals surface area contributed by atoms with Gasteiger partial charge < -0.3 is 5.32 Å². The number of hydrogen-bond acceptors (Lipinski definition) is 5. The highest BCUT2D eigenvalue weighted by molar-refractivity contribution is 8.00. The minimum Gasteiger partial charge on any atom is -0.355 e. The summed E-state index contributed by atoms with van der Waals surface area (Å²) in [4.78, 5) is 20.7. The number of nitrogens with zero attached hydrogens (tertiary/aromatic N) is 4. The molecular formula is C13H17N5OS. The number of nitrogens with one attached hydrogen (secondary N) is 1. The maximum Gasteiger partial charge on any atom is 0.253 e. The Morgan fingerprint density at radius 3 is 3.05 bits per heavy atom. The third kappa shape index (κ3) is 2.63. The first kappa shape index (κ1) is 13.4. The van der Waals surface area contributed by atoms with Gasteiger partial charge in [0, 0.05) is 17.9 Å². The van der Waals surface area contributed by atoms with E-state index in [4.69, 9.17) is 0 Å². The van der Waals surface area contributed by atoms with Crippen molar-refractivity contribution in [2.45, 2.75) is 43.5 Å². The van der Waals surface area contributed by atoms with Gasteiger partial charge in [-0.1, -0.05) is 18.2 Å². The highest BCUT2D eigenvalue weighted by atomic mass is 32.2. The summed E-state index contributed by atoms with van der Waals surface area (Å²) in [5.41, 5.74) is 1.92. The largest absolute Gasteiger partial charge is 0.355 e. The predicted molar refractivity (Wildman–Crippen MR) is 76.8 cm³/mol. The molecule has 6 nitrogen and oxygen atoms in total. The van der Waals surface area contributed by atoms with E-state index in [-0.39, 0.29) is 11.2 Å². The van der Waals surface area contributed by atoms with Gasteiger partial charge in [-0.15, -0.1) is 5.10 Å². The Morgan fingerprint density at radius 1 is 1.35 bits per heavy atom. The van der Waals surface area contributed by atoms with Gasteiger partial charge in [-0.25, -0.2) is 9.50 Å². The standard InChI is InChI=1S/C13H17N5OS/c1-8-7-9(2)18-12(15-8)16-13(17-18)20-10-5-3-4-6-14-11(10)19/h7,10H,3-6H2,1-2H3,(H,14,19)/t10-/m1/s1. The smallest absolute Gasteiger partial charge is 0.253 e. The quantitative estimate of drug-likeness (QED) is 0.908. The van der Waals surface area contributed by atoms with Gasteiger partial charge in [0.2, 0.25) is 11.1 Å². The minimum atomic E-state index is -0.101. The maximum atomic E-state index is 11.9. The second-order valence-electron chi connectivity index (χ2n) is 5.04. The molecule has 1 amide bonds. The summed E-state index contributed by atoms with van der Waals surface area (Å²) < 4.78 is 1.73. The lowest BCUT2D eigenvalue weighted by Crippen LogP contribution is -2.30. The zero-order valence-corrected chi connectivity index (χ0v) is 12.4. The van der Waals surface area contributed by atoms with E-state index in [0.29, 0.717) is 10.9 Å². The monoisotopic (exact) mass is 291 g/mol. The molecule has 1 aliphatic rings. The number of fused-ring (bicyclic) bond motifs is 1. The summed E-state index contributed by atoms with van der Waals surface area (Å²) in [6.07, 6.45) is 2.97. The molecule has 2 aromatic heterocycles. The van der Waals surface area contributed by atoms with Gasteiger partial charge >= 0.3 is 0 Å². The van der Waals surface area contributed by atoms with E-state index >= 15 is 0 Å². The lowest BCUT2D eigenvalue weighted by Gasteiger charge is -2.09. The van der Waals surface area contributed by atoms with E-state index in [9.17, 15) is 4.79 Å². The van der Waals surface area contributed by atoms with Crippen LogP contribution in [0.2, 0.25) is 0 Å². The van der Waals surface area contributed by atoms with E-state index in [1.165, 1.54) is 11.8 Å². The van der Waals surface area contributed by atoms with Crippen LogP contribution in [0.4, 0.5) is 0 Å². The van der Waals surface area contributed by atoms with E-state index in [0.717, 1.165) is 37.2 Å². The highest BCUT2D eigenvalue weighted by Gasteiger charge is 2.23. The van der Waals surface area contributed by atoms with Crippen molar-refractivity contribution in [2.24, 2.45) is 0 Å². The van der Waals surface area contributed by atoms with Crippen LogP contribution in [0.3, 0.4) is 0 Å². The molecule has 1 fully saturated rings. The van der Waals surface area contributed by atoms with Crippen molar-refractivity contribution in [3.8, 4) is 0 Å². The van der Waals surface area contributed by atoms with E-state index in [1.807, 2.05) is 19.9 Å². The molecule has 0 radical (unpaired) electrons. The number of aromatic nitrogens is 4. The van der Waals surface area contributed by atoms with Gasteiger partial charge in [-0.3, -0.25) is 4.79 Å². The molecular weight excluding hydrogens is 274 g/mol. The summed E-state index contributed by atoms with van der Waals surface area (Å²) in [7, 11) is 0.